The molecule has 1 amide bonds. The van der Waals surface area contributed by atoms with Gasteiger partial charge in [0.2, 0.25) is 4.96 Å². The van der Waals surface area contributed by atoms with Crippen molar-refractivity contribution < 1.29 is 9.53 Å². The van der Waals surface area contributed by atoms with Gasteiger partial charge >= 0.3 is 0 Å². The highest BCUT2D eigenvalue weighted by Crippen LogP contribution is 2.24. The van der Waals surface area contributed by atoms with Crippen molar-refractivity contribution in [3.05, 3.63) is 66.0 Å². The molecular weight excluding hydrogens is 386 g/mol. The second-order valence-corrected chi connectivity index (χ2v) is 8.03. The van der Waals surface area contributed by atoms with Crippen LogP contribution in [0.5, 0.6) is 5.75 Å². The van der Waals surface area contributed by atoms with Gasteiger partial charge < -0.3 is 10.1 Å². The van der Waals surface area contributed by atoms with Gasteiger partial charge in [-0.3, -0.25) is 4.79 Å². The number of hydrogen-bond acceptors (Lipinski definition) is 6. The van der Waals surface area contributed by atoms with Crippen LogP contribution in [-0.4, -0.2) is 32.3 Å². The molecule has 2 aromatic heterocycles. The van der Waals surface area contributed by atoms with E-state index in [0.717, 1.165) is 21.1 Å². The number of benzene rings is 2. The van der Waals surface area contributed by atoms with E-state index in [2.05, 4.69) is 34.5 Å². The fraction of sp³-hybridized carbons (Fsp3) is 0.238. The number of rotatable bonds is 7. The molecule has 1 N–H and O–H groups in total. The molecule has 4 rings (SSSR count). The van der Waals surface area contributed by atoms with E-state index in [-0.39, 0.29) is 5.91 Å². The lowest BCUT2D eigenvalue weighted by Crippen LogP contribution is -2.22. The quantitative estimate of drug-likeness (QED) is 0.504. The number of fused-ring (bicyclic) bond motifs is 1. The minimum Gasteiger partial charge on any atom is -0.493 e. The summed E-state index contributed by atoms with van der Waals surface area (Å²) in [6, 6.07) is 15.2. The van der Waals surface area contributed by atoms with E-state index in [4.69, 9.17) is 4.74 Å². The number of ether oxygens (including phenoxy) is 1. The van der Waals surface area contributed by atoms with Gasteiger partial charge in [0, 0.05) is 17.7 Å². The lowest BCUT2D eigenvalue weighted by molar-refractivity contribution is 0.0950. The van der Waals surface area contributed by atoms with Crippen molar-refractivity contribution in [3.63, 3.8) is 0 Å². The van der Waals surface area contributed by atoms with E-state index in [9.17, 15) is 4.79 Å². The molecule has 0 aliphatic carbocycles. The smallest absolute Gasteiger partial charge is 0.251 e. The molecule has 7 nitrogen and oxygen atoms in total. The molecule has 0 atom stereocenters. The Morgan fingerprint density at radius 2 is 2.03 bits per heavy atom. The maximum absolute atomic E-state index is 12.5. The molecule has 0 radical (unpaired) electrons. The van der Waals surface area contributed by atoms with Gasteiger partial charge in [-0.25, -0.2) is 0 Å². The monoisotopic (exact) mass is 407 g/mol. The molecule has 4 aromatic rings. The van der Waals surface area contributed by atoms with E-state index in [1.165, 1.54) is 11.3 Å². The molecule has 0 aliphatic heterocycles. The summed E-state index contributed by atoms with van der Waals surface area (Å²) in [7, 11) is 0. The van der Waals surface area contributed by atoms with Crippen molar-refractivity contribution in [3.8, 4) is 16.3 Å². The normalized spacial score (nSPS) is 11.1. The Hall–Kier alpha value is -3.26. The molecule has 29 heavy (non-hydrogen) atoms. The summed E-state index contributed by atoms with van der Waals surface area (Å²) in [6.07, 6.45) is 1.59. The summed E-state index contributed by atoms with van der Waals surface area (Å²) in [6.45, 7) is 5.25. The number of carbonyl (C=O) groups excluding carboxylic acids is 1. The fourth-order valence-corrected chi connectivity index (χ4v) is 3.54. The largest absolute Gasteiger partial charge is 0.493 e. The van der Waals surface area contributed by atoms with Crippen molar-refractivity contribution in [1.29, 1.82) is 0 Å². The van der Waals surface area contributed by atoms with Crippen molar-refractivity contribution in [2.75, 3.05) is 6.61 Å². The summed E-state index contributed by atoms with van der Waals surface area (Å²) >= 11 is 1.48. The first-order valence-electron chi connectivity index (χ1n) is 9.36. The van der Waals surface area contributed by atoms with Crippen molar-refractivity contribution in [2.24, 2.45) is 5.92 Å². The Kier molecular flexibility index (Phi) is 5.53. The summed E-state index contributed by atoms with van der Waals surface area (Å²) in [5.41, 5.74) is 2.60. The number of aromatic nitrogens is 4. The molecule has 0 unspecified atom stereocenters. The Bertz CT molecular complexity index is 1090. The van der Waals surface area contributed by atoms with Crippen LogP contribution in [0.3, 0.4) is 0 Å². The van der Waals surface area contributed by atoms with Gasteiger partial charge in [-0.2, -0.15) is 9.61 Å². The maximum Gasteiger partial charge on any atom is 0.251 e. The minimum absolute atomic E-state index is 0.127. The topological polar surface area (TPSA) is 81.4 Å². The zero-order valence-electron chi connectivity index (χ0n) is 16.2. The molecule has 0 bridgehead atoms. The number of nitrogens with one attached hydrogen (secondary N) is 1. The summed E-state index contributed by atoms with van der Waals surface area (Å²) in [5.74, 6) is 1.01. The van der Waals surface area contributed by atoms with Crippen molar-refractivity contribution >= 4 is 22.2 Å². The summed E-state index contributed by atoms with van der Waals surface area (Å²) < 4.78 is 7.36. The third-order valence-electron chi connectivity index (χ3n) is 4.22. The first-order valence-corrected chi connectivity index (χ1v) is 10.2. The van der Waals surface area contributed by atoms with Crippen LogP contribution in [-0.2, 0) is 6.54 Å². The Morgan fingerprint density at radius 1 is 1.21 bits per heavy atom. The SMILES string of the molecule is CC(C)COc1cccc(C(=O)NCc2ccc(-c3nn4cnnc4s3)cc2)c1. The van der Waals surface area contributed by atoms with Gasteiger partial charge in [-0.15, -0.1) is 10.2 Å². The Balaban J connectivity index is 1.37. The van der Waals surface area contributed by atoms with Crippen LogP contribution in [0.25, 0.3) is 15.5 Å². The van der Waals surface area contributed by atoms with Crippen LogP contribution in [0.1, 0.15) is 29.8 Å². The molecule has 0 saturated carbocycles. The van der Waals surface area contributed by atoms with E-state index in [1.54, 1.807) is 23.0 Å². The summed E-state index contributed by atoms with van der Waals surface area (Å²) in [4.78, 5) is 13.2. The molecule has 148 valence electrons. The van der Waals surface area contributed by atoms with Crippen molar-refractivity contribution in [1.82, 2.24) is 25.1 Å². The molecule has 2 heterocycles. The van der Waals surface area contributed by atoms with Crippen LogP contribution in [0.15, 0.2) is 54.9 Å². The van der Waals surface area contributed by atoms with Crippen molar-refractivity contribution in [2.45, 2.75) is 20.4 Å². The first-order chi connectivity index (χ1) is 14.1. The molecule has 0 fully saturated rings. The Morgan fingerprint density at radius 3 is 2.79 bits per heavy atom. The molecule has 2 aromatic carbocycles. The number of carbonyl (C=O) groups is 1. The van der Waals surface area contributed by atoms with Crippen LogP contribution in [0.4, 0.5) is 0 Å². The van der Waals surface area contributed by atoms with Crippen LogP contribution >= 0.6 is 11.3 Å². The Labute approximate surface area is 172 Å². The number of hydrogen-bond donors (Lipinski definition) is 1. The van der Waals surface area contributed by atoms with E-state index in [1.807, 2.05) is 36.4 Å². The fourth-order valence-electron chi connectivity index (χ4n) is 2.72. The average Bonchev–Trinajstić information content (AvgIpc) is 3.33. The molecule has 0 saturated heterocycles. The lowest BCUT2D eigenvalue weighted by atomic mass is 10.1. The van der Waals surface area contributed by atoms with Gasteiger partial charge in [0.1, 0.15) is 17.1 Å². The second-order valence-electron chi connectivity index (χ2n) is 7.08. The van der Waals surface area contributed by atoms with Gasteiger partial charge in [-0.1, -0.05) is 55.5 Å². The highest BCUT2D eigenvalue weighted by Gasteiger charge is 2.09. The van der Waals surface area contributed by atoms with Crippen LogP contribution in [0, 0.1) is 5.92 Å². The van der Waals surface area contributed by atoms with Crippen LogP contribution in [0.2, 0.25) is 0 Å². The van der Waals surface area contributed by atoms with Crippen LogP contribution < -0.4 is 10.1 Å². The number of nitrogens with zero attached hydrogens (tertiary/aromatic N) is 4. The first kappa shape index (κ1) is 19.1. The lowest BCUT2D eigenvalue weighted by Gasteiger charge is -2.10. The molecule has 8 heteroatoms. The second kappa shape index (κ2) is 8.40. The molecule has 0 aliphatic rings. The predicted molar refractivity (Wildman–Crippen MR) is 112 cm³/mol. The van der Waals surface area contributed by atoms with Gasteiger partial charge in [-0.05, 0) is 29.7 Å². The zero-order chi connectivity index (χ0) is 20.2. The molecule has 0 spiro atoms. The highest BCUT2D eigenvalue weighted by atomic mass is 32.1. The maximum atomic E-state index is 12.5. The van der Waals surface area contributed by atoms with Gasteiger partial charge in [0.15, 0.2) is 0 Å². The zero-order valence-corrected chi connectivity index (χ0v) is 17.0. The third-order valence-corrected chi connectivity index (χ3v) is 5.18. The van der Waals surface area contributed by atoms with Gasteiger partial charge in [0.25, 0.3) is 5.91 Å². The third kappa shape index (κ3) is 4.60. The van der Waals surface area contributed by atoms with Gasteiger partial charge in [0.05, 0.1) is 6.61 Å². The number of amides is 1. The van der Waals surface area contributed by atoms with E-state index in [0.29, 0.717) is 30.4 Å². The standard InChI is InChI=1S/C21H21N5O2S/c1-14(2)12-28-18-5-3-4-17(10-18)19(27)22-11-15-6-8-16(9-7-15)20-25-26-13-23-24-21(26)29-20/h3-10,13-14H,11-12H2,1-2H3,(H,22,27). The minimum atomic E-state index is -0.127. The predicted octanol–water partition coefficient (Wildman–Crippen LogP) is 3.82. The summed E-state index contributed by atoms with van der Waals surface area (Å²) in [5, 5.41) is 16.1. The van der Waals surface area contributed by atoms with E-state index < -0.39 is 0 Å². The average molecular weight is 407 g/mol. The molecular formula is C21H21N5O2S. The van der Waals surface area contributed by atoms with E-state index >= 15 is 0 Å². The highest BCUT2D eigenvalue weighted by molar-refractivity contribution is 7.19.